The molecule has 0 amide bonds. The predicted molar refractivity (Wildman–Crippen MR) is 91.9 cm³/mol. The molecule has 0 radical (unpaired) electrons. The van der Waals surface area contributed by atoms with Gasteiger partial charge < -0.3 is 4.90 Å². The Labute approximate surface area is 147 Å². The maximum absolute atomic E-state index is 14.2. The summed E-state index contributed by atoms with van der Waals surface area (Å²) in [5, 5.41) is 10.9. The lowest BCUT2D eigenvalue weighted by Gasteiger charge is -2.26. The fourth-order valence-electron chi connectivity index (χ4n) is 3.38. The molecule has 1 aliphatic rings. The first-order valence-corrected chi connectivity index (χ1v) is 8.16. The molecule has 1 atom stereocenters. The van der Waals surface area contributed by atoms with Gasteiger partial charge in [0.15, 0.2) is 0 Å². The van der Waals surface area contributed by atoms with Gasteiger partial charge in [-0.25, -0.2) is 18.7 Å². The van der Waals surface area contributed by atoms with Crippen LogP contribution < -0.4 is 4.90 Å². The number of nitrogens with zero attached hydrogens (tertiary/aromatic N) is 4. The second-order valence-electron chi connectivity index (χ2n) is 6.18. The summed E-state index contributed by atoms with van der Waals surface area (Å²) in [6.07, 6.45) is 2.67. The monoisotopic (exact) mass is 356 g/mol. The van der Waals surface area contributed by atoms with Gasteiger partial charge in [-0.2, -0.15) is 0 Å². The zero-order chi connectivity index (χ0) is 18.3. The summed E-state index contributed by atoms with van der Waals surface area (Å²) in [5.74, 6) is -0.383. The zero-order valence-corrected chi connectivity index (χ0v) is 13.6. The molecule has 1 fully saturated rings. The van der Waals surface area contributed by atoms with Crippen LogP contribution in [-0.4, -0.2) is 21.4 Å². The van der Waals surface area contributed by atoms with Crippen LogP contribution in [0.25, 0.3) is 11.0 Å². The summed E-state index contributed by atoms with van der Waals surface area (Å²) >= 11 is 0. The first-order chi connectivity index (χ1) is 12.5. The van der Waals surface area contributed by atoms with E-state index in [0.29, 0.717) is 35.4 Å². The van der Waals surface area contributed by atoms with E-state index in [4.69, 9.17) is 0 Å². The predicted octanol–water partition coefficient (Wildman–Crippen LogP) is 4.16. The number of nitro groups is 1. The average Bonchev–Trinajstić information content (AvgIpc) is 3.12. The summed E-state index contributed by atoms with van der Waals surface area (Å²) in [6, 6.07) is 7.93. The number of hydrogen-bond donors (Lipinski definition) is 0. The Morgan fingerprint density at radius 2 is 2.00 bits per heavy atom. The van der Waals surface area contributed by atoms with E-state index in [1.807, 2.05) is 4.90 Å². The van der Waals surface area contributed by atoms with Crippen LogP contribution in [-0.2, 0) is 0 Å². The van der Waals surface area contributed by atoms with E-state index in [9.17, 15) is 18.9 Å². The van der Waals surface area contributed by atoms with Crippen molar-refractivity contribution in [2.45, 2.75) is 18.9 Å². The number of benzene rings is 1. The number of fused-ring (bicyclic) bond motifs is 1. The zero-order valence-electron chi connectivity index (χ0n) is 13.6. The molecule has 1 saturated heterocycles. The molecule has 26 heavy (non-hydrogen) atoms. The van der Waals surface area contributed by atoms with E-state index in [0.717, 1.165) is 18.6 Å². The summed E-state index contributed by atoms with van der Waals surface area (Å²) < 4.78 is 27.8. The molecule has 6 nitrogen and oxygen atoms in total. The van der Waals surface area contributed by atoms with Gasteiger partial charge in [0, 0.05) is 18.2 Å². The molecule has 3 heterocycles. The van der Waals surface area contributed by atoms with Gasteiger partial charge in [0.2, 0.25) is 0 Å². The van der Waals surface area contributed by atoms with Gasteiger partial charge in [0.1, 0.15) is 23.6 Å². The minimum absolute atomic E-state index is 0.142. The Morgan fingerprint density at radius 1 is 1.15 bits per heavy atom. The summed E-state index contributed by atoms with van der Waals surface area (Å²) in [6.45, 7) is 0.640. The maximum atomic E-state index is 14.2. The molecule has 0 aliphatic carbocycles. The second-order valence-corrected chi connectivity index (χ2v) is 6.18. The van der Waals surface area contributed by atoms with Gasteiger partial charge in [-0.15, -0.1) is 0 Å². The Morgan fingerprint density at radius 3 is 2.81 bits per heavy atom. The van der Waals surface area contributed by atoms with E-state index in [2.05, 4.69) is 9.97 Å². The third-order valence-electron chi connectivity index (χ3n) is 4.58. The van der Waals surface area contributed by atoms with Gasteiger partial charge in [0.05, 0.1) is 22.0 Å². The van der Waals surface area contributed by atoms with Crippen molar-refractivity contribution < 1.29 is 13.7 Å². The lowest BCUT2D eigenvalue weighted by Crippen LogP contribution is -2.24. The lowest BCUT2D eigenvalue weighted by atomic mass is 10.0. The van der Waals surface area contributed by atoms with Crippen LogP contribution in [0.1, 0.15) is 24.4 Å². The summed E-state index contributed by atoms with van der Waals surface area (Å²) in [4.78, 5) is 20.8. The van der Waals surface area contributed by atoms with Gasteiger partial charge in [0.25, 0.3) is 5.69 Å². The van der Waals surface area contributed by atoms with Gasteiger partial charge in [-0.05, 0) is 43.2 Å². The molecule has 0 spiro atoms. The standard InChI is InChI=1S/C18H14F2N4O2/c19-11-3-4-14(20)13(8-11)17-2-1-7-23(17)18-6-5-15-16(22-18)9-12(10-21-15)24(25)26/h3-6,8-10,17H,1-2,7H2. The van der Waals surface area contributed by atoms with Crippen molar-refractivity contribution >= 4 is 22.5 Å². The minimum atomic E-state index is -0.526. The summed E-state index contributed by atoms with van der Waals surface area (Å²) in [7, 11) is 0. The molecule has 3 aromatic rings. The van der Waals surface area contributed by atoms with Gasteiger partial charge >= 0.3 is 0 Å². The molecule has 1 aromatic carbocycles. The largest absolute Gasteiger partial charge is 0.349 e. The Bertz CT molecular complexity index is 1010. The highest BCUT2D eigenvalue weighted by molar-refractivity contribution is 5.78. The average molecular weight is 356 g/mol. The van der Waals surface area contributed by atoms with Crippen molar-refractivity contribution in [3.05, 3.63) is 69.9 Å². The highest BCUT2D eigenvalue weighted by Gasteiger charge is 2.29. The molecule has 0 bridgehead atoms. The molecule has 4 rings (SSSR count). The van der Waals surface area contributed by atoms with Crippen LogP contribution in [0.2, 0.25) is 0 Å². The normalized spacial score (nSPS) is 17.0. The van der Waals surface area contributed by atoms with Crippen molar-refractivity contribution in [3.8, 4) is 0 Å². The smallest absolute Gasteiger partial charge is 0.289 e. The molecule has 8 heteroatoms. The Kier molecular flexibility index (Phi) is 3.95. The first kappa shape index (κ1) is 16.3. The SMILES string of the molecule is O=[N+]([O-])c1cnc2ccc(N3CCCC3c3cc(F)ccc3F)nc2c1. The highest BCUT2D eigenvalue weighted by Crippen LogP contribution is 2.37. The molecule has 1 aliphatic heterocycles. The number of pyridine rings is 2. The molecule has 1 unspecified atom stereocenters. The number of halogens is 2. The van der Waals surface area contributed by atoms with E-state index < -0.39 is 16.6 Å². The molecule has 0 saturated carbocycles. The van der Waals surface area contributed by atoms with Crippen molar-refractivity contribution in [1.29, 1.82) is 0 Å². The fraction of sp³-hybridized carbons (Fsp3) is 0.222. The van der Waals surface area contributed by atoms with E-state index in [1.165, 1.54) is 18.3 Å². The molecular formula is C18H14F2N4O2. The number of anilines is 1. The van der Waals surface area contributed by atoms with Crippen LogP contribution in [0.3, 0.4) is 0 Å². The lowest BCUT2D eigenvalue weighted by molar-refractivity contribution is -0.385. The van der Waals surface area contributed by atoms with Crippen molar-refractivity contribution in [1.82, 2.24) is 9.97 Å². The third-order valence-corrected chi connectivity index (χ3v) is 4.58. The first-order valence-electron chi connectivity index (χ1n) is 8.16. The Balaban J connectivity index is 1.75. The van der Waals surface area contributed by atoms with Crippen molar-refractivity contribution in [3.63, 3.8) is 0 Å². The van der Waals surface area contributed by atoms with E-state index in [-0.39, 0.29) is 11.7 Å². The van der Waals surface area contributed by atoms with Crippen molar-refractivity contribution in [2.75, 3.05) is 11.4 Å². The van der Waals surface area contributed by atoms with Crippen LogP contribution >= 0.6 is 0 Å². The highest BCUT2D eigenvalue weighted by atomic mass is 19.1. The number of aromatic nitrogens is 2. The topological polar surface area (TPSA) is 72.2 Å². The second kappa shape index (κ2) is 6.29. The van der Waals surface area contributed by atoms with E-state index in [1.54, 1.807) is 12.1 Å². The van der Waals surface area contributed by atoms with Crippen LogP contribution in [0, 0.1) is 21.7 Å². The number of hydrogen-bond acceptors (Lipinski definition) is 5. The molecule has 0 N–H and O–H groups in total. The molecule has 2 aromatic heterocycles. The van der Waals surface area contributed by atoms with E-state index >= 15 is 0 Å². The quantitative estimate of drug-likeness (QED) is 0.520. The van der Waals surface area contributed by atoms with Gasteiger partial charge in [-0.3, -0.25) is 10.1 Å². The maximum Gasteiger partial charge on any atom is 0.289 e. The molecular weight excluding hydrogens is 342 g/mol. The van der Waals surface area contributed by atoms with Crippen molar-refractivity contribution in [2.24, 2.45) is 0 Å². The van der Waals surface area contributed by atoms with Gasteiger partial charge in [-0.1, -0.05) is 0 Å². The molecule has 132 valence electrons. The van der Waals surface area contributed by atoms with Crippen LogP contribution in [0.15, 0.2) is 42.6 Å². The van der Waals surface area contributed by atoms with Crippen LogP contribution in [0.4, 0.5) is 20.3 Å². The van der Waals surface area contributed by atoms with Crippen LogP contribution in [0.5, 0.6) is 0 Å². The fourth-order valence-corrected chi connectivity index (χ4v) is 3.38. The number of rotatable bonds is 3. The minimum Gasteiger partial charge on any atom is -0.349 e. The third kappa shape index (κ3) is 2.83. The Hall–Kier alpha value is -3.16. The summed E-state index contributed by atoms with van der Waals surface area (Å²) in [5.41, 5.74) is 1.08.